The van der Waals surface area contributed by atoms with Gasteiger partial charge in [0.2, 0.25) is 10.0 Å². The highest BCUT2D eigenvalue weighted by Gasteiger charge is 2.14. The summed E-state index contributed by atoms with van der Waals surface area (Å²) in [7, 11) is -2.21. The molecule has 0 bridgehead atoms. The van der Waals surface area contributed by atoms with Crippen LogP contribution in [0.5, 0.6) is 0 Å². The fraction of sp³-hybridized carbons (Fsp3) is 0.0588. The third kappa shape index (κ3) is 3.94. The number of carbonyl (C=O) groups excluding carboxylic acids is 1. The van der Waals surface area contributed by atoms with Gasteiger partial charge in [-0.05, 0) is 37.4 Å². The van der Waals surface area contributed by atoms with E-state index in [4.69, 9.17) is 11.6 Å². The SMILES string of the molecule is CNS(=O)(=O)c1ccc(C(=O)Nc2nc(-c3ccccc3Cl)cs2)cc1. The molecule has 0 radical (unpaired) electrons. The zero-order valence-electron chi connectivity index (χ0n) is 13.6. The first-order valence-corrected chi connectivity index (χ1v) is 10.2. The molecule has 0 atom stereocenters. The lowest BCUT2D eigenvalue weighted by Crippen LogP contribution is -2.19. The van der Waals surface area contributed by atoms with Crippen LogP contribution in [0.2, 0.25) is 5.02 Å². The molecule has 0 spiro atoms. The third-order valence-corrected chi connectivity index (χ3v) is 6.09. The second-order valence-corrected chi connectivity index (χ2v) is 8.36. The van der Waals surface area contributed by atoms with E-state index in [2.05, 4.69) is 15.0 Å². The summed E-state index contributed by atoms with van der Waals surface area (Å²) in [5.41, 5.74) is 1.79. The molecule has 9 heteroatoms. The Bertz CT molecular complexity index is 1050. The molecule has 6 nitrogen and oxygen atoms in total. The average Bonchev–Trinajstić information content (AvgIpc) is 3.10. The molecule has 2 N–H and O–H groups in total. The van der Waals surface area contributed by atoms with Crippen LogP contribution in [-0.4, -0.2) is 26.4 Å². The van der Waals surface area contributed by atoms with Crippen LogP contribution in [0.15, 0.2) is 58.8 Å². The normalized spacial score (nSPS) is 11.3. The minimum absolute atomic E-state index is 0.0896. The molecule has 0 saturated heterocycles. The molecule has 3 aromatic rings. The Balaban J connectivity index is 1.76. The molecule has 0 aliphatic carbocycles. The van der Waals surface area contributed by atoms with Gasteiger partial charge in [-0.2, -0.15) is 0 Å². The number of thiazole rings is 1. The van der Waals surface area contributed by atoms with Crippen LogP contribution in [0, 0.1) is 0 Å². The van der Waals surface area contributed by atoms with Crippen molar-refractivity contribution in [2.24, 2.45) is 0 Å². The van der Waals surface area contributed by atoms with Crippen molar-refractivity contribution >= 4 is 44.0 Å². The lowest BCUT2D eigenvalue weighted by Gasteiger charge is -2.05. The molecule has 26 heavy (non-hydrogen) atoms. The van der Waals surface area contributed by atoms with Gasteiger partial charge in [-0.15, -0.1) is 11.3 Å². The van der Waals surface area contributed by atoms with E-state index in [0.29, 0.717) is 21.4 Å². The highest BCUT2D eigenvalue weighted by atomic mass is 35.5. The quantitative estimate of drug-likeness (QED) is 0.676. The van der Waals surface area contributed by atoms with E-state index >= 15 is 0 Å². The maximum Gasteiger partial charge on any atom is 0.257 e. The smallest absolute Gasteiger partial charge is 0.257 e. The number of sulfonamides is 1. The van der Waals surface area contributed by atoms with E-state index in [-0.39, 0.29) is 10.8 Å². The Hall–Kier alpha value is -2.26. The number of benzene rings is 2. The molecule has 2 aromatic carbocycles. The van der Waals surface area contributed by atoms with E-state index in [1.54, 1.807) is 11.4 Å². The molecule has 0 fully saturated rings. The van der Waals surface area contributed by atoms with Gasteiger partial charge in [-0.25, -0.2) is 18.1 Å². The summed E-state index contributed by atoms with van der Waals surface area (Å²) in [5.74, 6) is -0.376. The van der Waals surface area contributed by atoms with Crippen LogP contribution in [0.3, 0.4) is 0 Å². The number of hydrogen-bond acceptors (Lipinski definition) is 5. The van der Waals surface area contributed by atoms with Gasteiger partial charge in [0.05, 0.1) is 10.6 Å². The number of halogens is 1. The summed E-state index contributed by atoms with van der Waals surface area (Å²) >= 11 is 7.44. The molecule has 0 saturated carbocycles. The van der Waals surface area contributed by atoms with Crippen LogP contribution in [0.25, 0.3) is 11.3 Å². The minimum Gasteiger partial charge on any atom is -0.298 e. The van der Waals surface area contributed by atoms with E-state index < -0.39 is 10.0 Å². The molecule has 1 heterocycles. The summed E-state index contributed by atoms with van der Waals surface area (Å²) < 4.78 is 25.6. The van der Waals surface area contributed by atoms with Gasteiger partial charge in [0.25, 0.3) is 5.91 Å². The summed E-state index contributed by atoms with van der Waals surface area (Å²) in [4.78, 5) is 16.8. The van der Waals surface area contributed by atoms with Gasteiger partial charge in [-0.1, -0.05) is 29.8 Å². The first-order valence-electron chi connectivity index (χ1n) is 7.46. The number of anilines is 1. The second-order valence-electron chi connectivity index (χ2n) is 5.20. The summed E-state index contributed by atoms with van der Waals surface area (Å²) in [5, 5.41) is 5.51. The lowest BCUT2D eigenvalue weighted by atomic mass is 10.2. The molecule has 1 aromatic heterocycles. The number of aromatic nitrogens is 1. The lowest BCUT2D eigenvalue weighted by molar-refractivity contribution is 0.102. The summed E-state index contributed by atoms with van der Waals surface area (Å²) in [6, 6.07) is 13.0. The van der Waals surface area contributed by atoms with E-state index in [9.17, 15) is 13.2 Å². The first-order chi connectivity index (χ1) is 12.4. The summed E-state index contributed by atoms with van der Waals surface area (Å²) in [6.07, 6.45) is 0. The van der Waals surface area contributed by atoms with Crippen molar-refractivity contribution in [3.05, 3.63) is 64.5 Å². The topological polar surface area (TPSA) is 88.2 Å². The van der Waals surface area contributed by atoms with Crippen molar-refractivity contribution < 1.29 is 13.2 Å². The number of nitrogens with zero attached hydrogens (tertiary/aromatic N) is 1. The molecular weight excluding hydrogens is 394 g/mol. The fourth-order valence-corrected chi connectivity index (χ4v) is 3.86. The molecule has 0 aliphatic heterocycles. The van der Waals surface area contributed by atoms with Crippen LogP contribution < -0.4 is 10.0 Å². The Morgan fingerprint density at radius 3 is 2.46 bits per heavy atom. The fourth-order valence-electron chi connectivity index (χ4n) is 2.20. The van der Waals surface area contributed by atoms with Crippen molar-refractivity contribution in [3.8, 4) is 11.3 Å². The van der Waals surface area contributed by atoms with Crippen molar-refractivity contribution in [1.82, 2.24) is 9.71 Å². The van der Waals surface area contributed by atoms with Crippen molar-refractivity contribution in [3.63, 3.8) is 0 Å². The van der Waals surface area contributed by atoms with Crippen molar-refractivity contribution in [1.29, 1.82) is 0 Å². The monoisotopic (exact) mass is 407 g/mol. The zero-order valence-corrected chi connectivity index (χ0v) is 16.0. The standard InChI is InChI=1S/C17H14ClN3O3S2/c1-19-26(23,24)12-8-6-11(7-9-12)16(22)21-17-20-15(10-25-17)13-4-2-3-5-14(13)18/h2-10,19H,1H3,(H,20,21,22). The Morgan fingerprint density at radius 2 is 1.81 bits per heavy atom. The number of rotatable bonds is 5. The maximum atomic E-state index is 12.3. The second kappa shape index (κ2) is 7.55. The van der Waals surface area contributed by atoms with Crippen molar-refractivity contribution in [2.75, 3.05) is 12.4 Å². The highest BCUT2D eigenvalue weighted by Crippen LogP contribution is 2.30. The zero-order chi connectivity index (χ0) is 18.7. The van der Waals surface area contributed by atoms with Gasteiger partial charge < -0.3 is 0 Å². The third-order valence-electron chi connectivity index (χ3n) is 3.57. The predicted molar refractivity (Wildman–Crippen MR) is 103 cm³/mol. The van der Waals surface area contributed by atoms with E-state index in [0.717, 1.165) is 5.56 Å². The average molecular weight is 408 g/mol. The number of amides is 1. The van der Waals surface area contributed by atoms with Gasteiger partial charge in [-0.3, -0.25) is 10.1 Å². The van der Waals surface area contributed by atoms with Crippen LogP contribution in [0.1, 0.15) is 10.4 Å². The Kier molecular flexibility index (Phi) is 5.38. The van der Waals surface area contributed by atoms with Gasteiger partial charge in [0, 0.05) is 21.5 Å². The van der Waals surface area contributed by atoms with Gasteiger partial charge >= 0.3 is 0 Å². The van der Waals surface area contributed by atoms with Crippen LogP contribution in [-0.2, 0) is 10.0 Å². The van der Waals surface area contributed by atoms with Gasteiger partial charge in [0.1, 0.15) is 0 Å². The summed E-state index contributed by atoms with van der Waals surface area (Å²) in [6.45, 7) is 0. The Labute approximate surface area is 159 Å². The Morgan fingerprint density at radius 1 is 1.12 bits per heavy atom. The van der Waals surface area contributed by atoms with Gasteiger partial charge in [0.15, 0.2) is 5.13 Å². The predicted octanol–water partition coefficient (Wildman–Crippen LogP) is 3.62. The minimum atomic E-state index is -3.54. The van der Waals surface area contributed by atoms with E-state index in [1.807, 2.05) is 18.2 Å². The number of hydrogen-bond donors (Lipinski definition) is 2. The molecule has 134 valence electrons. The molecule has 0 aliphatic rings. The molecule has 3 rings (SSSR count). The highest BCUT2D eigenvalue weighted by molar-refractivity contribution is 7.89. The molecular formula is C17H14ClN3O3S2. The maximum absolute atomic E-state index is 12.3. The van der Waals surface area contributed by atoms with Crippen molar-refractivity contribution in [2.45, 2.75) is 4.90 Å². The van der Waals surface area contributed by atoms with E-state index in [1.165, 1.54) is 42.6 Å². The largest absolute Gasteiger partial charge is 0.298 e. The number of nitrogens with one attached hydrogen (secondary N) is 2. The molecule has 0 unspecified atom stereocenters. The number of carbonyl (C=O) groups is 1. The van der Waals surface area contributed by atoms with Crippen LogP contribution in [0.4, 0.5) is 5.13 Å². The first kappa shape index (κ1) is 18.5. The molecule has 1 amide bonds. The van der Waals surface area contributed by atoms with Crippen LogP contribution >= 0.6 is 22.9 Å².